The van der Waals surface area contributed by atoms with Gasteiger partial charge in [0.05, 0.1) is 12.2 Å². The van der Waals surface area contributed by atoms with E-state index in [0.717, 1.165) is 12.2 Å². The first-order chi connectivity index (χ1) is 10.1. The van der Waals surface area contributed by atoms with E-state index in [0.29, 0.717) is 28.7 Å². The van der Waals surface area contributed by atoms with E-state index in [1.54, 1.807) is 18.2 Å². The SMILES string of the molecule is CCCOc1ccc(Oc2ccc(Cl)cc2C(N)=S)cc1. The molecule has 0 aliphatic carbocycles. The number of halogens is 1. The summed E-state index contributed by atoms with van der Waals surface area (Å²) in [4.78, 5) is 0.246. The van der Waals surface area contributed by atoms with Crippen LogP contribution in [0.3, 0.4) is 0 Å². The summed E-state index contributed by atoms with van der Waals surface area (Å²) < 4.78 is 11.3. The number of hydrogen-bond donors (Lipinski definition) is 1. The summed E-state index contributed by atoms with van der Waals surface area (Å²) in [5.41, 5.74) is 6.30. The lowest BCUT2D eigenvalue weighted by atomic mass is 10.2. The van der Waals surface area contributed by atoms with Gasteiger partial charge in [0.15, 0.2) is 0 Å². The maximum absolute atomic E-state index is 5.95. The van der Waals surface area contributed by atoms with Gasteiger partial charge < -0.3 is 15.2 Å². The van der Waals surface area contributed by atoms with Crippen LogP contribution < -0.4 is 15.2 Å². The molecule has 0 atom stereocenters. The Balaban J connectivity index is 2.16. The van der Waals surface area contributed by atoms with Crippen LogP contribution in [-0.2, 0) is 0 Å². The summed E-state index contributed by atoms with van der Waals surface area (Å²) >= 11 is 11.0. The molecule has 0 aromatic heterocycles. The molecule has 0 spiro atoms. The van der Waals surface area contributed by atoms with Crippen LogP contribution in [0.4, 0.5) is 0 Å². The highest BCUT2D eigenvalue weighted by Crippen LogP contribution is 2.29. The molecule has 21 heavy (non-hydrogen) atoms. The third-order valence-corrected chi connectivity index (χ3v) is 3.19. The van der Waals surface area contributed by atoms with E-state index < -0.39 is 0 Å². The maximum atomic E-state index is 5.95. The number of benzene rings is 2. The standard InChI is InChI=1S/C16H16ClNO2S/c1-2-9-19-12-4-6-13(7-5-12)20-15-8-3-11(17)10-14(15)16(18)21/h3-8,10H,2,9H2,1H3,(H2,18,21). The Kier molecular flexibility index (Phi) is 5.42. The van der Waals surface area contributed by atoms with Crippen molar-refractivity contribution < 1.29 is 9.47 Å². The van der Waals surface area contributed by atoms with Crippen molar-refractivity contribution in [3.63, 3.8) is 0 Å². The molecule has 2 N–H and O–H groups in total. The molecule has 0 aliphatic rings. The van der Waals surface area contributed by atoms with E-state index in [1.165, 1.54) is 0 Å². The molecular weight excluding hydrogens is 306 g/mol. The monoisotopic (exact) mass is 321 g/mol. The van der Waals surface area contributed by atoms with Crippen molar-refractivity contribution in [1.29, 1.82) is 0 Å². The normalized spacial score (nSPS) is 10.2. The van der Waals surface area contributed by atoms with Crippen molar-refractivity contribution in [2.24, 2.45) is 5.73 Å². The second-order valence-electron chi connectivity index (χ2n) is 4.43. The molecule has 0 aliphatic heterocycles. The molecule has 0 saturated carbocycles. The van der Waals surface area contributed by atoms with E-state index in [9.17, 15) is 0 Å². The quantitative estimate of drug-likeness (QED) is 0.792. The summed E-state index contributed by atoms with van der Waals surface area (Å²) in [5, 5.41) is 0.563. The lowest BCUT2D eigenvalue weighted by molar-refractivity contribution is 0.317. The molecule has 0 amide bonds. The van der Waals surface area contributed by atoms with Crippen molar-refractivity contribution in [2.75, 3.05) is 6.61 Å². The van der Waals surface area contributed by atoms with Gasteiger partial charge in [-0.2, -0.15) is 0 Å². The Morgan fingerprint density at radius 3 is 2.43 bits per heavy atom. The van der Waals surface area contributed by atoms with Gasteiger partial charge in [0, 0.05) is 5.02 Å². The molecule has 2 aromatic carbocycles. The molecule has 0 saturated heterocycles. The average molecular weight is 322 g/mol. The molecule has 0 unspecified atom stereocenters. The van der Waals surface area contributed by atoms with Crippen molar-refractivity contribution in [3.8, 4) is 17.2 Å². The highest BCUT2D eigenvalue weighted by molar-refractivity contribution is 7.80. The predicted molar refractivity (Wildman–Crippen MR) is 89.6 cm³/mol. The van der Waals surface area contributed by atoms with Gasteiger partial charge >= 0.3 is 0 Å². The van der Waals surface area contributed by atoms with Crippen LogP contribution in [0.25, 0.3) is 0 Å². The van der Waals surface area contributed by atoms with Crippen LogP contribution in [0, 0.1) is 0 Å². The maximum Gasteiger partial charge on any atom is 0.137 e. The second-order valence-corrected chi connectivity index (χ2v) is 5.30. The van der Waals surface area contributed by atoms with Crippen LogP contribution in [-0.4, -0.2) is 11.6 Å². The molecule has 0 bridgehead atoms. The van der Waals surface area contributed by atoms with Crippen molar-refractivity contribution in [3.05, 3.63) is 53.1 Å². The highest BCUT2D eigenvalue weighted by atomic mass is 35.5. The van der Waals surface area contributed by atoms with Gasteiger partial charge in [0.2, 0.25) is 0 Å². The Bertz CT molecular complexity index is 629. The van der Waals surface area contributed by atoms with Gasteiger partial charge in [0.25, 0.3) is 0 Å². The molecule has 5 heteroatoms. The Labute approximate surface area is 134 Å². The fourth-order valence-corrected chi connectivity index (χ4v) is 2.07. The smallest absolute Gasteiger partial charge is 0.137 e. The zero-order valence-corrected chi connectivity index (χ0v) is 13.2. The molecule has 2 rings (SSSR count). The van der Waals surface area contributed by atoms with Crippen molar-refractivity contribution in [2.45, 2.75) is 13.3 Å². The van der Waals surface area contributed by atoms with Crippen molar-refractivity contribution >= 4 is 28.8 Å². The largest absolute Gasteiger partial charge is 0.494 e. The molecule has 0 radical (unpaired) electrons. The minimum Gasteiger partial charge on any atom is -0.494 e. The molecular formula is C16H16ClNO2S. The van der Waals surface area contributed by atoms with E-state index in [2.05, 4.69) is 6.92 Å². The van der Waals surface area contributed by atoms with Gasteiger partial charge in [-0.15, -0.1) is 0 Å². The summed E-state index contributed by atoms with van der Waals surface area (Å²) in [5.74, 6) is 2.07. The number of rotatable bonds is 6. The van der Waals surface area contributed by atoms with Gasteiger partial charge in [-0.05, 0) is 48.9 Å². The summed E-state index contributed by atoms with van der Waals surface area (Å²) in [6, 6.07) is 12.6. The second kappa shape index (κ2) is 7.29. The first kappa shape index (κ1) is 15.6. The molecule has 0 fully saturated rings. The van der Waals surface area contributed by atoms with Crippen LogP contribution >= 0.6 is 23.8 Å². The van der Waals surface area contributed by atoms with E-state index in [1.807, 2.05) is 24.3 Å². The van der Waals surface area contributed by atoms with Crippen molar-refractivity contribution in [1.82, 2.24) is 0 Å². The minimum atomic E-state index is 0.246. The van der Waals surface area contributed by atoms with Crippen LogP contribution in [0.5, 0.6) is 17.2 Å². The number of hydrogen-bond acceptors (Lipinski definition) is 3. The lowest BCUT2D eigenvalue weighted by Crippen LogP contribution is -2.10. The Hall–Kier alpha value is -1.78. The van der Waals surface area contributed by atoms with E-state index in [-0.39, 0.29) is 4.99 Å². The Morgan fingerprint density at radius 1 is 1.14 bits per heavy atom. The van der Waals surface area contributed by atoms with Crippen LogP contribution in [0.1, 0.15) is 18.9 Å². The minimum absolute atomic E-state index is 0.246. The topological polar surface area (TPSA) is 44.5 Å². The average Bonchev–Trinajstić information content (AvgIpc) is 2.48. The molecule has 2 aromatic rings. The fourth-order valence-electron chi connectivity index (χ4n) is 1.73. The zero-order chi connectivity index (χ0) is 15.2. The predicted octanol–water partition coefficient (Wildman–Crippen LogP) is 4.56. The molecule has 0 heterocycles. The van der Waals surface area contributed by atoms with E-state index in [4.69, 9.17) is 39.0 Å². The lowest BCUT2D eigenvalue weighted by Gasteiger charge is -2.11. The summed E-state index contributed by atoms with van der Waals surface area (Å²) in [6.07, 6.45) is 0.973. The highest BCUT2D eigenvalue weighted by Gasteiger charge is 2.08. The molecule has 3 nitrogen and oxygen atoms in total. The fraction of sp³-hybridized carbons (Fsp3) is 0.188. The Morgan fingerprint density at radius 2 is 1.81 bits per heavy atom. The number of nitrogens with two attached hydrogens (primary N) is 1. The van der Waals surface area contributed by atoms with Crippen LogP contribution in [0.15, 0.2) is 42.5 Å². The van der Waals surface area contributed by atoms with Gasteiger partial charge in [0.1, 0.15) is 22.2 Å². The zero-order valence-electron chi connectivity index (χ0n) is 11.6. The van der Waals surface area contributed by atoms with Gasteiger partial charge in [-0.3, -0.25) is 0 Å². The summed E-state index contributed by atoms with van der Waals surface area (Å²) in [7, 11) is 0. The third-order valence-electron chi connectivity index (χ3n) is 2.73. The van der Waals surface area contributed by atoms with Gasteiger partial charge in [-0.1, -0.05) is 30.7 Å². The first-order valence-electron chi connectivity index (χ1n) is 6.60. The number of thiocarbonyl (C=S) groups is 1. The van der Waals surface area contributed by atoms with Crippen LogP contribution in [0.2, 0.25) is 5.02 Å². The first-order valence-corrected chi connectivity index (χ1v) is 7.39. The third kappa shape index (κ3) is 4.34. The van der Waals surface area contributed by atoms with E-state index >= 15 is 0 Å². The summed E-state index contributed by atoms with van der Waals surface area (Å²) in [6.45, 7) is 2.76. The molecule has 110 valence electrons. The number of ether oxygens (including phenoxy) is 2. The van der Waals surface area contributed by atoms with Gasteiger partial charge in [-0.25, -0.2) is 0 Å².